The highest BCUT2D eigenvalue weighted by Gasteiger charge is 2.46. The lowest BCUT2D eigenvalue weighted by Gasteiger charge is -2.40. The molecule has 1 amide bonds. The number of halogens is 1. The van der Waals surface area contributed by atoms with Gasteiger partial charge < -0.3 is 14.7 Å². The Bertz CT molecular complexity index is 454. The standard InChI is InChI=1S/C14H18FNO3/c1-16(13(18)14(8-17)9-19-10-14)6-5-11-3-2-4-12(15)7-11/h2-4,7,17H,5-6,8-10H2,1H3. The molecule has 4 nitrogen and oxygen atoms in total. The van der Waals surface area contributed by atoms with Crippen molar-refractivity contribution < 1.29 is 19.0 Å². The highest BCUT2D eigenvalue weighted by atomic mass is 19.1. The van der Waals surface area contributed by atoms with Crippen molar-refractivity contribution in [3.05, 3.63) is 35.6 Å². The third-order valence-corrected chi connectivity index (χ3v) is 3.48. The molecule has 2 rings (SSSR count). The van der Waals surface area contributed by atoms with Crippen molar-refractivity contribution in [2.24, 2.45) is 5.41 Å². The first-order valence-corrected chi connectivity index (χ1v) is 6.26. The predicted octanol–water partition coefficient (Wildman–Crippen LogP) is 0.836. The Morgan fingerprint density at radius 2 is 2.26 bits per heavy atom. The molecule has 1 aliphatic heterocycles. The smallest absolute Gasteiger partial charge is 0.235 e. The van der Waals surface area contributed by atoms with E-state index in [9.17, 15) is 14.3 Å². The highest BCUT2D eigenvalue weighted by Crippen LogP contribution is 2.28. The quantitative estimate of drug-likeness (QED) is 0.860. The Kier molecular flexibility index (Phi) is 4.17. The molecule has 0 spiro atoms. The highest BCUT2D eigenvalue weighted by molar-refractivity contribution is 5.83. The average molecular weight is 267 g/mol. The molecule has 0 bridgehead atoms. The SMILES string of the molecule is CN(CCc1cccc(F)c1)C(=O)C1(CO)COC1. The van der Waals surface area contributed by atoms with Crippen LogP contribution in [-0.4, -0.2) is 49.3 Å². The molecule has 0 atom stereocenters. The molecule has 1 heterocycles. The number of hydrogen-bond acceptors (Lipinski definition) is 3. The lowest BCUT2D eigenvalue weighted by atomic mass is 9.85. The Morgan fingerprint density at radius 3 is 2.79 bits per heavy atom. The van der Waals surface area contributed by atoms with Gasteiger partial charge in [-0.2, -0.15) is 0 Å². The molecule has 0 aromatic heterocycles. The van der Waals surface area contributed by atoms with Gasteiger partial charge in [0.1, 0.15) is 11.2 Å². The summed E-state index contributed by atoms with van der Waals surface area (Å²) in [6.07, 6.45) is 0.586. The minimum absolute atomic E-state index is 0.113. The molecule has 5 heteroatoms. The van der Waals surface area contributed by atoms with Crippen LogP contribution >= 0.6 is 0 Å². The van der Waals surface area contributed by atoms with Crippen LogP contribution in [-0.2, 0) is 16.0 Å². The fraction of sp³-hybridized carbons (Fsp3) is 0.500. The number of amides is 1. The van der Waals surface area contributed by atoms with Crippen molar-refractivity contribution in [1.82, 2.24) is 4.90 Å². The van der Waals surface area contributed by atoms with E-state index in [-0.39, 0.29) is 31.5 Å². The van der Waals surface area contributed by atoms with Crippen LogP contribution in [0.2, 0.25) is 0 Å². The van der Waals surface area contributed by atoms with E-state index in [0.29, 0.717) is 13.0 Å². The predicted molar refractivity (Wildman–Crippen MR) is 68.1 cm³/mol. The van der Waals surface area contributed by atoms with Crippen molar-refractivity contribution in [3.8, 4) is 0 Å². The lowest BCUT2D eigenvalue weighted by Crippen LogP contribution is -2.56. The maximum Gasteiger partial charge on any atom is 0.235 e. The van der Waals surface area contributed by atoms with Crippen LogP contribution in [0.4, 0.5) is 4.39 Å². The molecule has 1 aromatic carbocycles. The first-order chi connectivity index (χ1) is 9.07. The lowest BCUT2D eigenvalue weighted by molar-refractivity contribution is -0.179. The molecular formula is C14H18FNO3. The normalized spacial score (nSPS) is 16.8. The molecule has 19 heavy (non-hydrogen) atoms. The van der Waals surface area contributed by atoms with Crippen molar-refractivity contribution in [2.45, 2.75) is 6.42 Å². The van der Waals surface area contributed by atoms with Crippen molar-refractivity contribution in [3.63, 3.8) is 0 Å². The van der Waals surface area contributed by atoms with Crippen LogP contribution in [0.5, 0.6) is 0 Å². The van der Waals surface area contributed by atoms with Gasteiger partial charge in [0, 0.05) is 13.6 Å². The third-order valence-electron chi connectivity index (χ3n) is 3.48. The zero-order valence-corrected chi connectivity index (χ0v) is 10.9. The molecule has 0 radical (unpaired) electrons. The number of nitrogens with zero attached hydrogens (tertiary/aromatic N) is 1. The molecular weight excluding hydrogens is 249 g/mol. The Balaban J connectivity index is 1.91. The van der Waals surface area contributed by atoms with Gasteiger partial charge in [0.2, 0.25) is 5.91 Å². The molecule has 1 aromatic rings. The maximum absolute atomic E-state index is 13.0. The van der Waals surface area contributed by atoms with E-state index in [2.05, 4.69) is 0 Å². The van der Waals surface area contributed by atoms with Crippen molar-refractivity contribution in [1.29, 1.82) is 0 Å². The number of ether oxygens (including phenoxy) is 1. The minimum Gasteiger partial charge on any atom is -0.395 e. The van der Waals surface area contributed by atoms with E-state index < -0.39 is 5.41 Å². The van der Waals surface area contributed by atoms with Crippen LogP contribution in [0.15, 0.2) is 24.3 Å². The number of carbonyl (C=O) groups excluding carboxylic acids is 1. The zero-order valence-electron chi connectivity index (χ0n) is 10.9. The number of aliphatic hydroxyl groups is 1. The summed E-state index contributed by atoms with van der Waals surface area (Å²) in [5.41, 5.74) is 0.0824. The molecule has 1 fully saturated rings. The molecule has 0 unspecified atom stereocenters. The second-order valence-electron chi connectivity index (χ2n) is 5.04. The summed E-state index contributed by atoms with van der Waals surface area (Å²) in [5, 5.41) is 9.30. The molecule has 104 valence electrons. The Hall–Kier alpha value is -1.46. The topological polar surface area (TPSA) is 49.8 Å². The third kappa shape index (κ3) is 2.93. The summed E-state index contributed by atoms with van der Waals surface area (Å²) in [7, 11) is 1.69. The van der Waals surface area contributed by atoms with E-state index in [1.54, 1.807) is 18.0 Å². The molecule has 1 saturated heterocycles. The summed E-state index contributed by atoms with van der Waals surface area (Å²) < 4.78 is 18.0. The molecule has 0 aliphatic carbocycles. The Morgan fingerprint density at radius 1 is 1.53 bits per heavy atom. The van der Waals surface area contributed by atoms with E-state index in [4.69, 9.17) is 4.74 Å². The van der Waals surface area contributed by atoms with Crippen LogP contribution in [0.3, 0.4) is 0 Å². The van der Waals surface area contributed by atoms with Gasteiger partial charge in [0.15, 0.2) is 0 Å². The van der Waals surface area contributed by atoms with Crippen LogP contribution in [0.1, 0.15) is 5.56 Å². The monoisotopic (exact) mass is 267 g/mol. The van der Waals surface area contributed by atoms with Gasteiger partial charge in [0.25, 0.3) is 0 Å². The molecule has 0 saturated carbocycles. The van der Waals surface area contributed by atoms with Gasteiger partial charge in [-0.25, -0.2) is 4.39 Å². The molecule has 1 N–H and O–H groups in total. The van der Waals surface area contributed by atoms with Gasteiger partial charge in [-0.05, 0) is 24.1 Å². The fourth-order valence-electron chi connectivity index (χ4n) is 2.13. The first-order valence-electron chi connectivity index (χ1n) is 6.26. The van der Waals surface area contributed by atoms with Gasteiger partial charge in [-0.15, -0.1) is 0 Å². The second kappa shape index (κ2) is 5.67. The van der Waals surface area contributed by atoms with E-state index in [1.165, 1.54) is 12.1 Å². The number of carbonyl (C=O) groups is 1. The van der Waals surface area contributed by atoms with Gasteiger partial charge in [-0.3, -0.25) is 4.79 Å². The number of likely N-dealkylation sites (N-methyl/N-ethyl adjacent to an activating group) is 1. The summed E-state index contributed by atoms with van der Waals surface area (Å²) >= 11 is 0. The summed E-state index contributed by atoms with van der Waals surface area (Å²) in [5.74, 6) is -0.386. The first kappa shape index (κ1) is 14.0. The zero-order chi connectivity index (χ0) is 13.9. The van der Waals surface area contributed by atoms with E-state index in [0.717, 1.165) is 5.56 Å². The van der Waals surface area contributed by atoms with E-state index >= 15 is 0 Å². The minimum atomic E-state index is -0.767. The van der Waals surface area contributed by atoms with Gasteiger partial charge in [0.05, 0.1) is 19.8 Å². The second-order valence-corrected chi connectivity index (χ2v) is 5.04. The summed E-state index contributed by atoms with van der Waals surface area (Å²) in [6.45, 7) is 0.833. The average Bonchev–Trinajstić information content (AvgIpc) is 2.35. The van der Waals surface area contributed by atoms with Crippen molar-refractivity contribution in [2.75, 3.05) is 33.4 Å². The summed E-state index contributed by atoms with van der Waals surface area (Å²) in [4.78, 5) is 13.8. The number of benzene rings is 1. The largest absolute Gasteiger partial charge is 0.395 e. The van der Waals surface area contributed by atoms with Crippen LogP contribution < -0.4 is 0 Å². The van der Waals surface area contributed by atoms with Gasteiger partial charge >= 0.3 is 0 Å². The fourth-order valence-corrected chi connectivity index (χ4v) is 2.13. The maximum atomic E-state index is 13.0. The van der Waals surface area contributed by atoms with Crippen LogP contribution in [0.25, 0.3) is 0 Å². The Labute approximate surface area is 111 Å². The van der Waals surface area contributed by atoms with Crippen molar-refractivity contribution >= 4 is 5.91 Å². The number of aliphatic hydroxyl groups excluding tert-OH is 1. The number of rotatable bonds is 5. The summed E-state index contributed by atoms with van der Waals surface area (Å²) in [6, 6.07) is 6.34. The van der Waals surface area contributed by atoms with Gasteiger partial charge in [-0.1, -0.05) is 12.1 Å². The van der Waals surface area contributed by atoms with E-state index in [1.807, 2.05) is 6.07 Å². The number of hydrogen-bond donors (Lipinski definition) is 1. The van der Waals surface area contributed by atoms with Crippen LogP contribution in [0, 0.1) is 11.2 Å². The molecule has 1 aliphatic rings.